The summed E-state index contributed by atoms with van der Waals surface area (Å²) in [5, 5.41) is 21.8. The van der Waals surface area contributed by atoms with Crippen molar-refractivity contribution in [2.45, 2.75) is 4.90 Å². The van der Waals surface area contributed by atoms with E-state index >= 15 is 0 Å². The van der Waals surface area contributed by atoms with Crippen molar-refractivity contribution in [3.8, 4) is 0 Å². The van der Waals surface area contributed by atoms with Crippen LogP contribution in [0, 0.1) is 10.1 Å². The lowest BCUT2D eigenvalue weighted by atomic mass is 10.2. The van der Waals surface area contributed by atoms with Gasteiger partial charge in [0, 0.05) is 11.6 Å². The Morgan fingerprint density at radius 3 is 2.86 bits per heavy atom. The zero-order valence-electron chi connectivity index (χ0n) is 7.38. The Morgan fingerprint density at radius 1 is 1.64 bits per heavy atom. The monoisotopic (exact) mass is 212 g/mol. The summed E-state index contributed by atoms with van der Waals surface area (Å²) in [5.41, 5.74) is 0.559. The van der Waals surface area contributed by atoms with Crippen LogP contribution < -0.4 is 0 Å². The smallest absolute Gasteiger partial charge is 0.283 e. The highest BCUT2D eigenvalue weighted by atomic mass is 32.2. The van der Waals surface area contributed by atoms with Crippen molar-refractivity contribution in [2.75, 3.05) is 6.26 Å². The number of hydrogen-bond acceptors (Lipinski definition) is 5. The lowest BCUT2D eigenvalue weighted by molar-refractivity contribution is -0.387. The molecule has 0 saturated carbocycles. The minimum absolute atomic E-state index is 0.0231. The van der Waals surface area contributed by atoms with Gasteiger partial charge in [0.1, 0.15) is 0 Å². The first-order valence-corrected chi connectivity index (χ1v) is 4.92. The molecular weight excluding hydrogens is 204 g/mol. The molecule has 0 aliphatic carbocycles. The number of rotatable bonds is 3. The summed E-state index contributed by atoms with van der Waals surface area (Å²) in [6.07, 6.45) is 2.91. The molecule has 0 aliphatic heterocycles. The first kappa shape index (κ1) is 10.5. The van der Waals surface area contributed by atoms with Gasteiger partial charge >= 0.3 is 0 Å². The number of hydrogen-bond donors (Lipinski definition) is 1. The Morgan fingerprint density at radius 2 is 2.36 bits per heavy atom. The van der Waals surface area contributed by atoms with Crippen LogP contribution in [0.4, 0.5) is 5.69 Å². The second kappa shape index (κ2) is 4.61. The maximum absolute atomic E-state index is 10.6. The average Bonchev–Trinajstić information content (AvgIpc) is 2.18. The van der Waals surface area contributed by atoms with E-state index in [0.29, 0.717) is 10.5 Å². The zero-order chi connectivity index (χ0) is 10.6. The van der Waals surface area contributed by atoms with Gasteiger partial charge in [0.25, 0.3) is 5.69 Å². The molecule has 74 valence electrons. The Labute approximate surface area is 84.6 Å². The molecule has 0 bridgehead atoms. The summed E-state index contributed by atoms with van der Waals surface area (Å²) in [7, 11) is 0. The van der Waals surface area contributed by atoms with Gasteiger partial charge in [0.05, 0.1) is 16.0 Å². The molecule has 0 unspecified atom stereocenters. The first-order valence-electron chi connectivity index (χ1n) is 3.69. The summed E-state index contributed by atoms with van der Waals surface area (Å²) in [6.45, 7) is 0. The Bertz CT molecular complexity index is 379. The number of thioether (sulfide) groups is 1. The van der Waals surface area contributed by atoms with Crippen molar-refractivity contribution in [3.05, 3.63) is 33.9 Å². The molecule has 0 aromatic heterocycles. The average molecular weight is 212 g/mol. The molecule has 1 rings (SSSR count). The van der Waals surface area contributed by atoms with Crippen molar-refractivity contribution in [3.63, 3.8) is 0 Å². The van der Waals surface area contributed by atoms with Crippen LogP contribution >= 0.6 is 11.8 Å². The van der Waals surface area contributed by atoms with E-state index in [-0.39, 0.29) is 5.69 Å². The third-order valence-corrected chi connectivity index (χ3v) is 2.48. The molecule has 0 saturated heterocycles. The SMILES string of the molecule is CSc1c(C=NO)cccc1[N+](=O)[O-]. The largest absolute Gasteiger partial charge is 0.411 e. The van der Waals surface area contributed by atoms with Gasteiger partial charge in [-0.05, 0) is 6.26 Å². The topological polar surface area (TPSA) is 75.7 Å². The molecule has 0 aliphatic rings. The second-order valence-electron chi connectivity index (χ2n) is 2.40. The fourth-order valence-corrected chi connectivity index (χ4v) is 1.78. The van der Waals surface area contributed by atoms with Crippen molar-refractivity contribution < 1.29 is 10.1 Å². The van der Waals surface area contributed by atoms with Gasteiger partial charge in [-0.2, -0.15) is 0 Å². The predicted molar refractivity (Wildman–Crippen MR) is 54.3 cm³/mol. The number of nitrogens with zero attached hydrogens (tertiary/aromatic N) is 2. The predicted octanol–water partition coefficient (Wildman–Crippen LogP) is 2.12. The van der Waals surface area contributed by atoms with Crippen LogP contribution in [0.1, 0.15) is 5.56 Å². The zero-order valence-corrected chi connectivity index (χ0v) is 8.19. The van der Waals surface area contributed by atoms with E-state index in [0.717, 1.165) is 0 Å². The Hall–Kier alpha value is -1.56. The van der Waals surface area contributed by atoms with Gasteiger partial charge in [-0.1, -0.05) is 17.3 Å². The lowest BCUT2D eigenvalue weighted by Crippen LogP contribution is -1.94. The number of nitro groups is 1. The molecule has 0 heterocycles. The normalized spacial score (nSPS) is 10.6. The Kier molecular flexibility index (Phi) is 3.47. The molecule has 0 fully saturated rings. The van der Waals surface area contributed by atoms with E-state index in [1.165, 1.54) is 24.0 Å². The molecule has 6 heteroatoms. The minimum atomic E-state index is -0.458. The van der Waals surface area contributed by atoms with E-state index in [4.69, 9.17) is 5.21 Å². The van der Waals surface area contributed by atoms with Crippen molar-refractivity contribution >= 4 is 23.7 Å². The number of nitro benzene ring substituents is 1. The molecular formula is C8H8N2O3S. The summed E-state index contributed by atoms with van der Waals surface area (Å²) < 4.78 is 0. The van der Waals surface area contributed by atoms with Gasteiger partial charge in [-0.15, -0.1) is 11.8 Å². The first-order chi connectivity index (χ1) is 6.70. The highest BCUT2D eigenvalue weighted by Gasteiger charge is 2.15. The van der Waals surface area contributed by atoms with Crippen LogP contribution in [0.2, 0.25) is 0 Å². The van der Waals surface area contributed by atoms with Gasteiger partial charge < -0.3 is 5.21 Å². The fraction of sp³-hybridized carbons (Fsp3) is 0.125. The highest BCUT2D eigenvalue weighted by Crippen LogP contribution is 2.29. The Balaban J connectivity index is 3.31. The molecule has 5 nitrogen and oxygen atoms in total. The van der Waals surface area contributed by atoms with E-state index in [9.17, 15) is 10.1 Å². The third-order valence-electron chi connectivity index (χ3n) is 1.62. The maximum Gasteiger partial charge on any atom is 0.283 e. The van der Waals surface area contributed by atoms with Crippen molar-refractivity contribution in [1.82, 2.24) is 0 Å². The summed E-state index contributed by atoms with van der Waals surface area (Å²) in [4.78, 5) is 10.7. The summed E-state index contributed by atoms with van der Waals surface area (Å²) in [5.74, 6) is 0. The van der Waals surface area contributed by atoms with Crippen molar-refractivity contribution in [1.29, 1.82) is 0 Å². The second-order valence-corrected chi connectivity index (χ2v) is 3.22. The molecule has 1 aromatic rings. The van der Waals surface area contributed by atoms with Crippen LogP contribution in [0.25, 0.3) is 0 Å². The van der Waals surface area contributed by atoms with Crippen molar-refractivity contribution in [2.24, 2.45) is 5.16 Å². The van der Waals surface area contributed by atoms with Gasteiger partial charge in [0.2, 0.25) is 0 Å². The number of benzene rings is 1. The number of oxime groups is 1. The highest BCUT2D eigenvalue weighted by molar-refractivity contribution is 7.98. The van der Waals surface area contributed by atoms with E-state index in [2.05, 4.69) is 5.16 Å². The minimum Gasteiger partial charge on any atom is -0.411 e. The molecule has 0 spiro atoms. The van der Waals surface area contributed by atoms with E-state index in [1.807, 2.05) is 0 Å². The molecule has 0 radical (unpaired) electrons. The summed E-state index contributed by atoms with van der Waals surface area (Å²) in [6, 6.07) is 4.62. The van der Waals surface area contributed by atoms with Gasteiger partial charge in [0.15, 0.2) is 0 Å². The molecule has 0 amide bonds. The van der Waals surface area contributed by atoms with Crippen LogP contribution in [0.5, 0.6) is 0 Å². The molecule has 0 atom stereocenters. The summed E-state index contributed by atoms with van der Waals surface area (Å²) >= 11 is 1.25. The van der Waals surface area contributed by atoms with Gasteiger partial charge in [-0.25, -0.2) is 0 Å². The van der Waals surface area contributed by atoms with Crippen LogP contribution in [0.15, 0.2) is 28.3 Å². The molecule has 1 aromatic carbocycles. The van der Waals surface area contributed by atoms with E-state index < -0.39 is 4.92 Å². The van der Waals surface area contributed by atoms with Crippen LogP contribution in [-0.2, 0) is 0 Å². The van der Waals surface area contributed by atoms with E-state index in [1.54, 1.807) is 18.4 Å². The lowest BCUT2D eigenvalue weighted by Gasteiger charge is -2.01. The van der Waals surface area contributed by atoms with Crippen LogP contribution in [-0.4, -0.2) is 22.6 Å². The van der Waals surface area contributed by atoms with Gasteiger partial charge in [-0.3, -0.25) is 10.1 Å². The fourth-order valence-electron chi connectivity index (χ4n) is 1.07. The molecule has 1 N–H and O–H groups in total. The third kappa shape index (κ3) is 2.02. The standard InChI is InChI=1S/C8H8N2O3S/c1-14-8-6(5-9-11)3-2-4-7(8)10(12)13/h2-5,11H,1H3. The quantitative estimate of drug-likeness (QED) is 0.274. The molecule has 14 heavy (non-hydrogen) atoms. The van der Waals surface area contributed by atoms with Crippen LogP contribution in [0.3, 0.4) is 0 Å². The maximum atomic E-state index is 10.6.